The average molecular weight is 1290 g/mol. The van der Waals surface area contributed by atoms with Crippen LogP contribution in [0.2, 0.25) is 0 Å². The van der Waals surface area contributed by atoms with E-state index in [9.17, 15) is 18.7 Å². The molecule has 0 aliphatic heterocycles. The van der Waals surface area contributed by atoms with Crippen molar-refractivity contribution in [3.63, 3.8) is 0 Å². The largest absolute Gasteiger partial charge is 0.335 e. The molecule has 0 spiro atoms. The van der Waals surface area contributed by atoms with Gasteiger partial charge in [-0.3, -0.25) is 18.7 Å². The molecule has 0 saturated carbocycles. The first-order valence-electron chi connectivity index (χ1n) is 31.8. The van der Waals surface area contributed by atoms with Crippen LogP contribution in [0.5, 0.6) is 0 Å². The Morgan fingerprint density at radius 1 is 0.287 bits per heavy atom. The smallest absolute Gasteiger partial charge is 0.310 e. The van der Waals surface area contributed by atoms with Gasteiger partial charge >= 0.3 is 15.2 Å². The quantitative estimate of drug-likeness (QED) is 0.0295. The first-order valence-corrected chi connectivity index (χ1v) is 35.2. The highest BCUT2D eigenvalue weighted by Gasteiger charge is 2.26. The summed E-state index contributed by atoms with van der Waals surface area (Å²) >= 11 is 0. The first kappa shape index (κ1) is 70.5. The van der Waals surface area contributed by atoms with Crippen LogP contribution < -0.4 is 9.80 Å². The molecule has 12 heteroatoms. The zero-order valence-electron chi connectivity index (χ0n) is 55.0. The van der Waals surface area contributed by atoms with Crippen molar-refractivity contribution in [3.8, 4) is 0 Å². The number of benzene rings is 10. The number of nitrogens with zero attached hydrogens (tertiary/aromatic N) is 2. The molecule has 480 valence electrons. The highest BCUT2D eigenvalue weighted by atomic mass is 31.2. The predicted molar refractivity (Wildman–Crippen MR) is 394 cm³/mol. The average Bonchev–Trinajstić information content (AvgIpc) is 0.848. The zero-order valence-corrected chi connectivity index (χ0v) is 56.8. The first-order chi connectivity index (χ1) is 45.6. The van der Waals surface area contributed by atoms with Crippen LogP contribution in [0.1, 0.15) is 115 Å². The van der Waals surface area contributed by atoms with Gasteiger partial charge in [-0.1, -0.05) is 182 Å². The summed E-state index contributed by atoms with van der Waals surface area (Å²) in [5.41, 5.74) is 21.4. The van der Waals surface area contributed by atoms with Crippen molar-refractivity contribution in [1.29, 1.82) is 0 Å². The van der Waals surface area contributed by atoms with Crippen LogP contribution in [0.15, 0.2) is 243 Å². The molecule has 0 aromatic heterocycles. The Labute approximate surface area is 556 Å². The van der Waals surface area contributed by atoms with Gasteiger partial charge in [0, 0.05) is 45.3 Å². The summed E-state index contributed by atoms with van der Waals surface area (Å²) in [7, 11) is -6.25. The van der Waals surface area contributed by atoms with Gasteiger partial charge in [0.1, 0.15) is 12.6 Å². The van der Waals surface area contributed by atoms with E-state index >= 15 is 0 Å². The molecule has 10 rings (SSSR count). The summed E-state index contributed by atoms with van der Waals surface area (Å²) in [4.78, 5) is 26.3. The molecule has 0 fully saturated rings. The number of anilines is 6. The van der Waals surface area contributed by atoms with Crippen LogP contribution in [0.3, 0.4) is 0 Å². The maximum Gasteiger partial charge on any atom is 0.335 e. The zero-order chi connectivity index (χ0) is 66.7. The summed E-state index contributed by atoms with van der Waals surface area (Å²) in [5.74, 6) is 0. The fraction of sp³-hybridized carbons (Fsp3) is 0.171. The fourth-order valence-electron chi connectivity index (χ4n) is 10.2. The van der Waals surface area contributed by atoms with Crippen LogP contribution in [0.25, 0.3) is 36.5 Å². The normalized spacial score (nSPS) is 11.4. The minimum atomic E-state index is -3.12. The fourth-order valence-corrected chi connectivity index (χ4v) is 13.6. The van der Waals surface area contributed by atoms with Crippen LogP contribution in [0.4, 0.5) is 34.1 Å². The van der Waals surface area contributed by atoms with E-state index in [1.807, 2.05) is 60.7 Å². The van der Waals surface area contributed by atoms with Crippen molar-refractivity contribution in [1.82, 2.24) is 0 Å². The molecule has 0 radical (unpaired) electrons. The second kappa shape index (κ2) is 35.6. The monoisotopic (exact) mass is 1290 g/mol. The lowest BCUT2D eigenvalue weighted by Crippen LogP contribution is -2.10. The molecule has 0 N–H and O–H groups in total. The Morgan fingerprint density at radius 2 is 0.521 bits per heavy atom. The van der Waals surface area contributed by atoms with Crippen molar-refractivity contribution in [2.45, 2.75) is 67.7 Å². The van der Waals surface area contributed by atoms with Crippen molar-refractivity contribution in [2.75, 3.05) is 36.2 Å². The van der Waals surface area contributed by atoms with Gasteiger partial charge in [0.25, 0.3) is 0 Å². The summed E-state index contributed by atoms with van der Waals surface area (Å²) in [6.07, 6.45) is 15.0. The number of rotatable bonds is 26. The van der Waals surface area contributed by atoms with E-state index in [2.05, 4.69) is 232 Å². The number of aryl methyl sites for hydroxylation is 4. The van der Waals surface area contributed by atoms with Gasteiger partial charge in [0.2, 0.25) is 0 Å². The van der Waals surface area contributed by atoms with Crippen LogP contribution in [0, 0.1) is 27.7 Å². The van der Waals surface area contributed by atoms with Gasteiger partial charge in [-0.2, -0.15) is 0 Å². The minimum absolute atomic E-state index is 0.212. The van der Waals surface area contributed by atoms with Crippen LogP contribution in [-0.4, -0.2) is 39.0 Å². The summed E-state index contributed by atoms with van der Waals surface area (Å²) < 4.78 is 46.3. The Kier molecular flexibility index (Phi) is 26.7. The number of hydrogen-bond donors (Lipinski definition) is 0. The van der Waals surface area contributed by atoms with E-state index in [-0.39, 0.29) is 12.3 Å². The lowest BCUT2D eigenvalue weighted by atomic mass is 10.1. The maximum absolute atomic E-state index is 12.5. The topological polar surface area (TPSA) is 112 Å². The molecule has 10 aromatic rings. The highest BCUT2D eigenvalue weighted by molar-refractivity contribution is 7.53. The Balaban J connectivity index is 0.000000197. The van der Waals surface area contributed by atoms with Crippen LogP contribution in [-0.2, 0) is 39.5 Å². The molecule has 0 amide bonds. The van der Waals surface area contributed by atoms with E-state index in [0.29, 0.717) is 37.6 Å². The van der Waals surface area contributed by atoms with E-state index in [0.717, 1.165) is 63.4 Å². The molecular weight excluding hydrogens is 1200 g/mol. The minimum Gasteiger partial charge on any atom is -0.310 e. The van der Waals surface area contributed by atoms with Crippen molar-refractivity contribution in [2.24, 2.45) is 0 Å². The standard InChI is InChI=1S/C44H37N.C22H19NO2.C16H28O6P2/c1-34-13-28-44(33-35(34)2)45(42-29-24-40(25-30-42)17-15-37-11-7-4-8-12-37)43-31-26-41(27-32-43)23-22-39-20-18-38(19-21-39)16-14-36-9-5-3-6-10-36;1-16-3-8-22(13-17(16)2)23(20-9-4-18(14-24)5-10-20)21-11-6-19(15-25)7-12-21;1-5-19-23(17,20-6-2)13-15-9-11-16(12-10-15)14-24(18,21-7-3)22-8-4/h3-33H,1-2H3;3-15H,1-2H3;9-12H,5-8,13-14H2,1-4H3. The van der Waals surface area contributed by atoms with Gasteiger partial charge in [-0.25, -0.2) is 0 Å². The molecule has 10 aromatic carbocycles. The number of aldehydes is 2. The van der Waals surface area contributed by atoms with Crippen LogP contribution >= 0.6 is 15.2 Å². The maximum atomic E-state index is 12.5. The van der Waals surface area contributed by atoms with Crippen molar-refractivity contribution in [3.05, 3.63) is 321 Å². The molecule has 0 aliphatic rings. The van der Waals surface area contributed by atoms with E-state index in [1.165, 1.54) is 50.1 Å². The molecule has 10 nitrogen and oxygen atoms in total. The lowest BCUT2D eigenvalue weighted by Gasteiger charge is -2.26. The molecule has 0 bridgehead atoms. The van der Waals surface area contributed by atoms with E-state index in [4.69, 9.17) is 18.1 Å². The molecule has 0 aliphatic carbocycles. The van der Waals surface area contributed by atoms with Gasteiger partial charge in [0.05, 0.1) is 38.8 Å². The molecule has 0 atom stereocenters. The molecule has 0 unspecified atom stereocenters. The van der Waals surface area contributed by atoms with Crippen molar-refractivity contribution < 1.29 is 36.8 Å². The Hall–Kier alpha value is -9.34. The van der Waals surface area contributed by atoms with Crippen molar-refractivity contribution >= 4 is 98.3 Å². The third kappa shape index (κ3) is 21.1. The molecular formula is C82H84N2O8P2. The Bertz CT molecular complexity index is 4070. The second-order valence-corrected chi connectivity index (χ2v) is 26.4. The number of carbonyl (C=O) groups excluding carboxylic acids is 2. The third-order valence-electron chi connectivity index (χ3n) is 15.4. The lowest BCUT2D eigenvalue weighted by molar-refractivity contribution is 0.111. The Morgan fingerprint density at radius 3 is 0.766 bits per heavy atom. The second-order valence-electron chi connectivity index (χ2n) is 22.3. The van der Waals surface area contributed by atoms with Gasteiger partial charge in [-0.05, 0) is 219 Å². The predicted octanol–water partition coefficient (Wildman–Crippen LogP) is 22.9. The molecule has 0 heterocycles. The summed E-state index contributed by atoms with van der Waals surface area (Å²) in [6, 6.07) is 82.2. The molecule has 0 saturated heterocycles. The van der Waals surface area contributed by atoms with Gasteiger partial charge in [-0.15, -0.1) is 0 Å². The summed E-state index contributed by atoms with van der Waals surface area (Å²) in [6.45, 7) is 17.0. The summed E-state index contributed by atoms with van der Waals surface area (Å²) in [5, 5.41) is 0. The van der Waals surface area contributed by atoms with Gasteiger partial charge < -0.3 is 27.9 Å². The van der Waals surface area contributed by atoms with E-state index in [1.54, 1.807) is 52.0 Å². The third-order valence-corrected chi connectivity index (χ3v) is 19.5. The van der Waals surface area contributed by atoms with E-state index < -0.39 is 15.2 Å². The highest BCUT2D eigenvalue weighted by Crippen LogP contribution is 2.53. The number of carbonyl (C=O) groups is 2. The SMILES string of the molecule is CCOP(=O)(Cc1ccc(CP(=O)(OCC)OCC)cc1)OCC.Cc1ccc(N(c2ccc(C=Cc3ccccc3)cc2)c2ccc(C=Cc3ccc(C=Cc4ccccc4)cc3)cc2)cc1C.Cc1ccc(N(c2ccc(C=O)cc2)c2ccc(C=O)cc2)cc1C. The molecule has 94 heavy (non-hydrogen) atoms. The number of hydrogen-bond acceptors (Lipinski definition) is 10. The van der Waals surface area contributed by atoms with Gasteiger partial charge in [0.15, 0.2) is 0 Å².